The predicted molar refractivity (Wildman–Crippen MR) is 74.0 cm³/mol. The van der Waals surface area contributed by atoms with Gasteiger partial charge in [-0.2, -0.15) is 0 Å². The lowest BCUT2D eigenvalue weighted by atomic mass is 10.1. The van der Waals surface area contributed by atoms with Gasteiger partial charge in [0.25, 0.3) is 0 Å². The van der Waals surface area contributed by atoms with Gasteiger partial charge in [0.15, 0.2) is 0 Å². The average Bonchev–Trinajstić information content (AvgIpc) is 2.45. The molecular formula is C15H18N2O. The number of hydrogen-bond acceptors (Lipinski definition) is 3. The Kier molecular flexibility index (Phi) is 4.59. The maximum atomic E-state index is 5.01. The van der Waals surface area contributed by atoms with Gasteiger partial charge in [-0.1, -0.05) is 30.3 Å². The first-order valence-electron chi connectivity index (χ1n) is 6.16. The van der Waals surface area contributed by atoms with Gasteiger partial charge in [-0.25, -0.2) is 4.98 Å². The van der Waals surface area contributed by atoms with Gasteiger partial charge in [0, 0.05) is 12.6 Å². The third-order valence-electron chi connectivity index (χ3n) is 2.76. The fraction of sp³-hybridized carbons (Fsp3) is 0.267. The number of pyridine rings is 1. The zero-order chi connectivity index (χ0) is 12.6. The molecule has 0 aliphatic heterocycles. The fourth-order valence-electron chi connectivity index (χ4n) is 1.78. The summed E-state index contributed by atoms with van der Waals surface area (Å²) in [7, 11) is 1.62. The highest BCUT2D eigenvalue weighted by atomic mass is 16.5. The Labute approximate surface area is 108 Å². The summed E-state index contributed by atoms with van der Waals surface area (Å²) in [4.78, 5) is 4.15. The number of rotatable bonds is 6. The van der Waals surface area contributed by atoms with E-state index in [1.807, 2.05) is 18.2 Å². The number of nitrogens with zero attached hydrogens (tertiary/aromatic N) is 1. The van der Waals surface area contributed by atoms with E-state index in [9.17, 15) is 0 Å². The molecule has 1 aromatic heterocycles. The minimum Gasteiger partial charge on any atom is -0.481 e. The van der Waals surface area contributed by atoms with Crippen LogP contribution >= 0.6 is 0 Å². The van der Waals surface area contributed by atoms with E-state index >= 15 is 0 Å². The summed E-state index contributed by atoms with van der Waals surface area (Å²) in [6, 6.07) is 14.4. The molecule has 94 valence electrons. The molecule has 3 heteroatoms. The summed E-state index contributed by atoms with van der Waals surface area (Å²) >= 11 is 0. The highest BCUT2D eigenvalue weighted by molar-refractivity contribution is 5.41. The van der Waals surface area contributed by atoms with E-state index < -0.39 is 0 Å². The van der Waals surface area contributed by atoms with E-state index in [0.717, 1.165) is 25.1 Å². The summed E-state index contributed by atoms with van der Waals surface area (Å²) in [5, 5.41) is 3.35. The van der Waals surface area contributed by atoms with Crippen LogP contribution in [0.3, 0.4) is 0 Å². The van der Waals surface area contributed by atoms with Crippen molar-refractivity contribution in [3.8, 4) is 5.88 Å². The Morgan fingerprint density at radius 2 is 1.94 bits per heavy atom. The molecule has 0 bridgehead atoms. The summed E-state index contributed by atoms with van der Waals surface area (Å²) < 4.78 is 5.01. The van der Waals surface area contributed by atoms with Gasteiger partial charge in [0.05, 0.1) is 19.0 Å². The SMILES string of the molecule is COc1ccc(NCCCc2ccccc2)cn1. The van der Waals surface area contributed by atoms with Crippen molar-refractivity contribution in [1.29, 1.82) is 0 Å². The number of nitrogens with one attached hydrogen (secondary N) is 1. The lowest BCUT2D eigenvalue weighted by molar-refractivity contribution is 0.398. The number of aromatic nitrogens is 1. The third kappa shape index (κ3) is 3.77. The van der Waals surface area contributed by atoms with Crippen LogP contribution in [0.5, 0.6) is 5.88 Å². The topological polar surface area (TPSA) is 34.1 Å². The van der Waals surface area contributed by atoms with Crippen molar-refractivity contribution in [2.24, 2.45) is 0 Å². The normalized spacial score (nSPS) is 10.1. The second-order valence-electron chi connectivity index (χ2n) is 4.11. The maximum absolute atomic E-state index is 5.01. The van der Waals surface area contributed by atoms with Gasteiger partial charge in [0.1, 0.15) is 0 Å². The molecule has 0 radical (unpaired) electrons. The van der Waals surface area contributed by atoms with Gasteiger partial charge in [-0.05, 0) is 24.5 Å². The molecule has 18 heavy (non-hydrogen) atoms. The molecule has 0 unspecified atom stereocenters. The maximum Gasteiger partial charge on any atom is 0.213 e. The monoisotopic (exact) mass is 242 g/mol. The van der Waals surface area contributed by atoms with E-state index in [-0.39, 0.29) is 0 Å². The van der Waals surface area contributed by atoms with Crippen LogP contribution in [0.1, 0.15) is 12.0 Å². The molecule has 1 heterocycles. The molecule has 0 atom stereocenters. The van der Waals surface area contributed by atoms with Crippen LogP contribution in [0.2, 0.25) is 0 Å². The largest absolute Gasteiger partial charge is 0.481 e. The van der Waals surface area contributed by atoms with Gasteiger partial charge >= 0.3 is 0 Å². The molecule has 0 spiro atoms. The first-order valence-corrected chi connectivity index (χ1v) is 6.16. The third-order valence-corrected chi connectivity index (χ3v) is 2.76. The van der Waals surface area contributed by atoms with Crippen molar-refractivity contribution in [2.45, 2.75) is 12.8 Å². The van der Waals surface area contributed by atoms with E-state index in [0.29, 0.717) is 5.88 Å². The molecule has 2 rings (SSSR count). The zero-order valence-corrected chi connectivity index (χ0v) is 10.6. The van der Waals surface area contributed by atoms with Gasteiger partial charge in [-0.15, -0.1) is 0 Å². The minimum absolute atomic E-state index is 0.643. The van der Waals surface area contributed by atoms with E-state index in [2.05, 4.69) is 34.6 Å². The van der Waals surface area contributed by atoms with Gasteiger partial charge < -0.3 is 10.1 Å². The van der Waals surface area contributed by atoms with Crippen molar-refractivity contribution in [2.75, 3.05) is 19.0 Å². The number of hydrogen-bond donors (Lipinski definition) is 1. The van der Waals surface area contributed by atoms with Crippen LogP contribution in [0, 0.1) is 0 Å². The Morgan fingerprint density at radius 3 is 2.61 bits per heavy atom. The number of aryl methyl sites for hydroxylation is 1. The molecule has 2 aromatic rings. The molecule has 0 amide bonds. The zero-order valence-electron chi connectivity index (χ0n) is 10.6. The Bertz CT molecular complexity index is 454. The molecule has 3 nitrogen and oxygen atoms in total. The first-order chi connectivity index (χ1) is 8.88. The molecule has 1 aromatic carbocycles. The highest BCUT2D eigenvalue weighted by Crippen LogP contribution is 2.11. The minimum atomic E-state index is 0.643. The van der Waals surface area contributed by atoms with Crippen molar-refractivity contribution in [1.82, 2.24) is 4.98 Å². The molecule has 0 aliphatic carbocycles. The predicted octanol–water partition coefficient (Wildman–Crippen LogP) is 3.13. The molecule has 0 saturated heterocycles. The van der Waals surface area contributed by atoms with Crippen LogP contribution in [0.4, 0.5) is 5.69 Å². The van der Waals surface area contributed by atoms with Crippen LogP contribution in [-0.4, -0.2) is 18.6 Å². The van der Waals surface area contributed by atoms with Crippen LogP contribution < -0.4 is 10.1 Å². The second-order valence-corrected chi connectivity index (χ2v) is 4.11. The van der Waals surface area contributed by atoms with Crippen molar-refractivity contribution in [3.05, 3.63) is 54.2 Å². The van der Waals surface area contributed by atoms with Gasteiger partial charge in [0.2, 0.25) is 5.88 Å². The van der Waals surface area contributed by atoms with Crippen molar-refractivity contribution in [3.63, 3.8) is 0 Å². The average molecular weight is 242 g/mol. The molecule has 0 aliphatic rings. The van der Waals surface area contributed by atoms with Crippen molar-refractivity contribution < 1.29 is 4.74 Å². The quantitative estimate of drug-likeness (QED) is 0.790. The van der Waals surface area contributed by atoms with Crippen LogP contribution in [0.25, 0.3) is 0 Å². The van der Waals surface area contributed by atoms with Crippen molar-refractivity contribution >= 4 is 5.69 Å². The lowest BCUT2D eigenvalue weighted by Crippen LogP contribution is -2.03. The van der Waals surface area contributed by atoms with Crippen LogP contribution in [-0.2, 0) is 6.42 Å². The van der Waals surface area contributed by atoms with Crippen LogP contribution in [0.15, 0.2) is 48.7 Å². The summed E-state index contributed by atoms with van der Waals surface area (Å²) in [5.41, 5.74) is 2.41. The van der Waals surface area contributed by atoms with E-state index in [1.165, 1.54) is 5.56 Å². The fourth-order valence-corrected chi connectivity index (χ4v) is 1.78. The smallest absolute Gasteiger partial charge is 0.213 e. The summed E-state index contributed by atoms with van der Waals surface area (Å²) in [6.07, 6.45) is 3.99. The second kappa shape index (κ2) is 6.64. The Balaban J connectivity index is 1.72. The first kappa shape index (κ1) is 12.4. The highest BCUT2D eigenvalue weighted by Gasteiger charge is 1.95. The van der Waals surface area contributed by atoms with Gasteiger partial charge in [-0.3, -0.25) is 0 Å². The standard InChI is InChI=1S/C15H18N2O/c1-18-15-10-9-14(12-17-15)16-11-5-8-13-6-3-2-4-7-13/h2-4,6-7,9-10,12,16H,5,8,11H2,1H3. The number of ether oxygens (including phenoxy) is 1. The number of anilines is 1. The Hall–Kier alpha value is -2.03. The summed E-state index contributed by atoms with van der Waals surface area (Å²) in [5.74, 6) is 0.643. The molecule has 1 N–H and O–H groups in total. The number of methoxy groups -OCH3 is 1. The van der Waals surface area contributed by atoms with E-state index in [4.69, 9.17) is 4.74 Å². The molecule has 0 saturated carbocycles. The number of benzene rings is 1. The molecule has 0 fully saturated rings. The molecular weight excluding hydrogens is 224 g/mol. The summed E-state index contributed by atoms with van der Waals surface area (Å²) in [6.45, 7) is 0.947. The van der Waals surface area contributed by atoms with E-state index in [1.54, 1.807) is 13.3 Å². The lowest BCUT2D eigenvalue weighted by Gasteiger charge is -2.06. The Morgan fingerprint density at radius 1 is 1.11 bits per heavy atom.